The average molecular weight is 253 g/mol. The van der Waals surface area contributed by atoms with Crippen molar-refractivity contribution in [2.75, 3.05) is 5.73 Å². The lowest BCUT2D eigenvalue weighted by Gasteiger charge is -2.10. The normalized spacial score (nSPS) is 22.1. The summed E-state index contributed by atoms with van der Waals surface area (Å²) in [5, 5.41) is 0. The van der Waals surface area contributed by atoms with Gasteiger partial charge < -0.3 is 5.73 Å². The maximum absolute atomic E-state index is 13.0. The van der Waals surface area contributed by atoms with Gasteiger partial charge in [-0.15, -0.1) is 0 Å². The van der Waals surface area contributed by atoms with E-state index in [2.05, 4.69) is 0 Å². The fourth-order valence-corrected chi connectivity index (χ4v) is 2.41. The van der Waals surface area contributed by atoms with Crippen LogP contribution < -0.4 is 5.73 Å². The highest BCUT2D eigenvalue weighted by Crippen LogP contribution is 2.40. The van der Waals surface area contributed by atoms with Crippen molar-refractivity contribution in [2.24, 2.45) is 5.92 Å². The first-order chi connectivity index (χ1) is 8.37. The van der Waals surface area contributed by atoms with Crippen molar-refractivity contribution >= 4 is 11.5 Å². The summed E-state index contributed by atoms with van der Waals surface area (Å²) in [6.45, 7) is 1.86. The Hall–Kier alpha value is -1.45. The van der Waals surface area contributed by atoms with Crippen LogP contribution in [0.3, 0.4) is 0 Å². The van der Waals surface area contributed by atoms with Crippen LogP contribution in [-0.4, -0.2) is 11.7 Å². The molecule has 1 aliphatic carbocycles. The Morgan fingerprint density at radius 1 is 1.50 bits per heavy atom. The van der Waals surface area contributed by atoms with Crippen LogP contribution in [0.2, 0.25) is 0 Å². The maximum atomic E-state index is 13.0. The zero-order valence-electron chi connectivity index (χ0n) is 10.4. The molecule has 0 aliphatic heterocycles. The smallest absolute Gasteiger partial charge is 0.248 e. The number of carbonyl (C=O) groups excluding carboxylic acids is 1. The second-order valence-corrected chi connectivity index (χ2v) is 5.16. The number of nitrogen functional groups attached to an aromatic ring is 1. The molecular weight excluding hydrogens is 236 g/mol. The van der Waals surface area contributed by atoms with E-state index in [-0.39, 0.29) is 31.0 Å². The second kappa shape index (κ2) is 4.67. The van der Waals surface area contributed by atoms with Gasteiger partial charge in [-0.2, -0.15) is 0 Å². The number of hydrogen-bond acceptors (Lipinski definition) is 2. The molecule has 2 rings (SSSR count). The molecule has 18 heavy (non-hydrogen) atoms. The third-order valence-corrected chi connectivity index (χ3v) is 3.58. The van der Waals surface area contributed by atoms with Crippen LogP contribution in [0.1, 0.15) is 41.6 Å². The number of hydrogen-bond donors (Lipinski definition) is 1. The summed E-state index contributed by atoms with van der Waals surface area (Å²) in [6.07, 6.45) is 0.360. The third kappa shape index (κ3) is 2.86. The highest BCUT2D eigenvalue weighted by atomic mass is 19.3. The van der Waals surface area contributed by atoms with E-state index in [1.165, 1.54) is 0 Å². The summed E-state index contributed by atoms with van der Waals surface area (Å²) in [7, 11) is 0. The number of benzene rings is 1. The Balaban J connectivity index is 2.02. The number of carbonyl (C=O) groups is 1. The predicted octanol–water partition coefficient (Wildman–Crippen LogP) is 3.59. The van der Waals surface area contributed by atoms with Crippen LogP contribution in [-0.2, 0) is 0 Å². The summed E-state index contributed by atoms with van der Waals surface area (Å²) in [5.74, 6) is -2.88. The van der Waals surface area contributed by atoms with Crippen LogP contribution in [0.15, 0.2) is 18.2 Å². The standard InChI is InChI=1S/C14H17F2NO/c1-9-2-3-11(7-12(9)17)13(18)6-10-4-5-14(15,16)8-10/h2-3,7,10H,4-6,8,17H2,1H3. The predicted molar refractivity (Wildman–Crippen MR) is 66.8 cm³/mol. The maximum Gasteiger partial charge on any atom is 0.248 e. The van der Waals surface area contributed by atoms with Gasteiger partial charge in [0, 0.05) is 30.5 Å². The van der Waals surface area contributed by atoms with Crippen molar-refractivity contribution in [3.05, 3.63) is 29.3 Å². The van der Waals surface area contributed by atoms with Gasteiger partial charge in [-0.3, -0.25) is 4.79 Å². The highest BCUT2D eigenvalue weighted by Gasteiger charge is 2.39. The van der Waals surface area contributed by atoms with Crippen LogP contribution >= 0.6 is 0 Å². The topological polar surface area (TPSA) is 43.1 Å². The number of nitrogens with two attached hydrogens (primary N) is 1. The van der Waals surface area contributed by atoms with Crippen molar-refractivity contribution in [1.82, 2.24) is 0 Å². The van der Waals surface area contributed by atoms with Gasteiger partial charge in [0.1, 0.15) is 0 Å². The van der Waals surface area contributed by atoms with Gasteiger partial charge in [-0.25, -0.2) is 8.78 Å². The number of aryl methyl sites for hydroxylation is 1. The van der Waals surface area contributed by atoms with E-state index in [1.807, 2.05) is 6.92 Å². The number of halogens is 2. The SMILES string of the molecule is Cc1ccc(C(=O)CC2CCC(F)(F)C2)cc1N. The van der Waals surface area contributed by atoms with E-state index in [9.17, 15) is 13.6 Å². The molecule has 1 aliphatic rings. The molecule has 0 heterocycles. The second-order valence-electron chi connectivity index (χ2n) is 5.16. The van der Waals surface area contributed by atoms with Crippen molar-refractivity contribution in [3.63, 3.8) is 0 Å². The molecule has 2 nitrogen and oxygen atoms in total. The number of rotatable bonds is 3. The first kappa shape index (κ1) is 13.0. The van der Waals surface area contributed by atoms with Crippen molar-refractivity contribution in [2.45, 2.75) is 38.5 Å². The van der Waals surface area contributed by atoms with Gasteiger partial charge in [-0.1, -0.05) is 12.1 Å². The number of alkyl halides is 2. The molecule has 2 N–H and O–H groups in total. The lowest BCUT2D eigenvalue weighted by Crippen LogP contribution is -2.12. The minimum absolute atomic E-state index is 0.0931. The van der Waals surface area contributed by atoms with Crippen molar-refractivity contribution in [3.8, 4) is 0 Å². The number of ketones is 1. The molecule has 1 saturated carbocycles. The quantitative estimate of drug-likeness (QED) is 0.660. The summed E-state index contributed by atoms with van der Waals surface area (Å²) in [4.78, 5) is 12.0. The van der Waals surface area contributed by atoms with Crippen LogP contribution in [0.5, 0.6) is 0 Å². The summed E-state index contributed by atoms with van der Waals surface area (Å²) in [6, 6.07) is 5.12. The largest absolute Gasteiger partial charge is 0.398 e. The molecule has 1 fully saturated rings. The minimum atomic E-state index is -2.59. The molecule has 0 bridgehead atoms. The first-order valence-corrected chi connectivity index (χ1v) is 6.14. The Kier molecular flexibility index (Phi) is 3.37. The van der Waals surface area contributed by atoms with E-state index in [0.29, 0.717) is 17.7 Å². The van der Waals surface area contributed by atoms with Gasteiger partial charge in [-0.05, 0) is 30.9 Å². The minimum Gasteiger partial charge on any atom is -0.398 e. The van der Waals surface area contributed by atoms with E-state index < -0.39 is 5.92 Å². The Morgan fingerprint density at radius 3 is 2.78 bits per heavy atom. The third-order valence-electron chi connectivity index (χ3n) is 3.58. The van der Waals surface area contributed by atoms with E-state index in [0.717, 1.165) is 5.56 Å². The van der Waals surface area contributed by atoms with E-state index in [1.54, 1.807) is 18.2 Å². The van der Waals surface area contributed by atoms with Crippen LogP contribution in [0.4, 0.5) is 14.5 Å². The lowest BCUT2D eigenvalue weighted by molar-refractivity contribution is 0.00497. The average Bonchev–Trinajstić information content (AvgIpc) is 2.62. The molecular formula is C14H17F2NO. The molecule has 0 aromatic heterocycles. The molecule has 98 valence electrons. The van der Waals surface area contributed by atoms with Gasteiger partial charge in [0.25, 0.3) is 0 Å². The Labute approximate surface area is 105 Å². The number of Topliss-reactive ketones (excluding diaryl/α,β-unsaturated/α-hetero) is 1. The van der Waals surface area contributed by atoms with Crippen LogP contribution in [0.25, 0.3) is 0 Å². The Morgan fingerprint density at radius 2 is 2.22 bits per heavy atom. The summed E-state index contributed by atoms with van der Waals surface area (Å²) >= 11 is 0. The van der Waals surface area contributed by atoms with Crippen molar-refractivity contribution < 1.29 is 13.6 Å². The van der Waals surface area contributed by atoms with Crippen molar-refractivity contribution in [1.29, 1.82) is 0 Å². The monoisotopic (exact) mass is 253 g/mol. The molecule has 1 unspecified atom stereocenters. The Bertz CT molecular complexity index is 471. The molecule has 1 aromatic rings. The zero-order chi connectivity index (χ0) is 13.3. The highest BCUT2D eigenvalue weighted by molar-refractivity contribution is 5.97. The van der Waals surface area contributed by atoms with E-state index >= 15 is 0 Å². The molecule has 1 aromatic carbocycles. The molecule has 0 amide bonds. The molecule has 4 heteroatoms. The fourth-order valence-electron chi connectivity index (χ4n) is 2.41. The zero-order valence-corrected chi connectivity index (χ0v) is 10.4. The van der Waals surface area contributed by atoms with Gasteiger partial charge >= 0.3 is 0 Å². The number of anilines is 1. The van der Waals surface area contributed by atoms with Gasteiger partial charge in [0.15, 0.2) is 5.78 Å². The lowest BCUT2D eigenvalue weighted by atomic mass is 9.96. The molecule has 0 radical (unpaired) electrons. The fraction of sp³-hybridized carbons (Fsp3) is 0.500. The van der Waals surface area contributed by atoms with Crippen LogP contribution in [0, 0.1) is 12.8 Å². The summed E-state index contributed by atoms with van der Waals surface area (Å²) < 4.78 is 26.1. The summed E-state index contributed by atoms with van der Waals surface area (Å²) in [5.41, 5.74) is 7.74. The molecule has 1 atom stereocenters. The van der Waals surface area contributed by atoms with E-state index in [4.69, 9.17) is 5.73 Å². The van der Waals surface area contributed by atoms with Gasteiger partial charge in [0.2, 0.25) is 5.92 Å². The van der Waals surface area contributed by atoms with Gasteiger partial charge in [0.05, 0.1) is 0 Å². The first-order valence-electron chi connectivity index (χ1n) is 6.14. The molecule has 0 saturated heterocycles. The molecule has 0 spiro atoms.